The number of amides is 3. The van der Waals surface area contributed by atoms with Gasteiger partial charge in [0.05, 0.1) is 64.9 Å². The van der Waals surface area contributed by atoms with Crippen LogP contribution in [0.5, 0.6) is 0 Å². The summed E-state index contributed by atoms with van der Waals surface area (Å²) in [5, 5.41) is 27.0. The highest BCUT2D eigenvalue weighted by molar-refractivity contribution is 8.00. The van der Waals surface area contributed by atoms with Crippen molar-refractivity contribution < 1.29 is 38.7 Å². The molecule has 3 amide bonds. The first kappa shape index (κ1) is 29.1. The fourth-order valence-corrected chi connectivity index (χ4v) is 5.24. The second kappa shape index (κ2) is 18.2. The summed E-state index contributed by atoms with van der Waals surface area (Å²) in [5.41, 5.74) is 0. The van der Waals surface area contributed by atoms with Gasteiger partial charge in [0.2, 0.25) is 5.91 Å². The minimum Gasteiger partial charge on any atom is -0.394 e. The minimum atomic E-state index is -0.846. The van der Waals surface area contributed by atoms with Crippen molar-refractivity contribution in [1.82, 2.24) is 16.0 Å². The number of hydrogen-bond acceptors (Lipinski definition) is 9. The molecule has 0 unspecified atom stereocenters. The third-order valence-electron chi connectivity index (χ3n) is 5.51. The van der Waals surface area contributed by atoms with Gasteiger partial charge in [-0.05, 0) is 19.3 Å². The molecular formula is C22H41N3O8S. The standard InChI is InChI=1S/C22H41N3O8S/c26-14-17(27)15-33-13-12-32-11-10-31-9-8-30-7-3-6-23-20(28)5-2-1-4-19-21-18(16-34-19)24-22(29)25-21/h17-19,21,26-27H,1-16H2,(H,23,28)(H2,24,25,29)/t17-,18-,19-,21-/m0/s1. The van der Waals surface area contributed by atoms with Crippen LogP contribution in [-0.4, -0.2) is 117 Å². The van der Waals surface area contributed by atoms with Crippen LogP contribution >= 0.6 is 11.8 Å². The van der Waals surface area contributed by atoms with E-state index in [-0.39, 0.29) is 37.2 Å². The van der Waals surface area contributed by atoms with Crippen LogP contribution in [0, 0.1) is 0 Å². The molecule has 2 saturated heterocycles. The summed E-state index contributed by atoms with van der Waals surface area (Å²) in [6, 6.07) is 0.429. The number of nitrogens with one attached hydrogen (secondary N) is 3. The molecule has 34 heavy (non-hydrogen) atoms. The van der Waals surface area contributed by atoms with E-state index in [1.807, 2.05) is 11.8 Å². The number of hydrogen-bond donors (Lipinski definition) is 5. The largest absolute Gasteiger partial charge is 0.394 e. The van der Waals surface area contributed by atoms with Crippen molar-refractivity contribution in [3.05, 3.63) is 0 Å². The van der Waals surface area contributed by atoms with Crippen molar-refractivity contribution in [2.75, 3.05) is 71.8 Å². The number of aliphatic hydroxyl groups is 2. The predicted octanol–water partition coefficient (Wildman–Crippen LogP) is -0.362. The van der Waals surface area contributed by atoms with E-state index in [4.69, 9.17) is 29.2 Å². The second-order valence-corrected chi connectivity index (χ2v) is 9.59. The zero-order chi connectivity index (χ0) is 24.4. The molecule has 0 aromatic rings. The van der Waals surface area contributed by atoms with Gasteiger partial charge in [0, 0.05) is 30.6 Å². The monoisotopic (exact) mass is 507 g/mol. The van der Waals surface area contributed by atoms with Crippen LogP contribution in [-0.2, 0) is 23.7 Å². The lowest BCUT2D eigenvalue weighted by molar-refractivity contribution is -0.121. The number of carbonyl (C=O) groups excluding carboxylic acids is 2. The van der Waals surface area contributed by atoms with Gasteiger partial charge in [-0.2, -0.15) is 11.8 Å². The Balaban J connectivity index is 1.27. The fourth-order valence-electron chi connectivity index (χ4n) is 3.70. The first-order chi connectivity index (χ1) is 16.6. The van der Waals surface area contributed by atoms with E-state index >= 15 is 0 Å². The highest BCUT2D eigenvalue weighted by atomic mass is 32.2. The smallest absolute Gasteiger partial charge is 0.315 e. The Morgan fingerprint density at radius 1 is 1.00 bits per heavy atom. The molecule has 0 saturated carbocycles. The summed E-state index contributed by atoms with van der Waals surface area (Å²) in [4.78, 5) is 23.3. The molecule has 2 fully saturated rings. The molecule has 0 bridgehead atoms. The molecule has 4 atom stereocenters. The maximum atomic E-state index is 11.9. The fraction of sp³-hybridized carbons (Fsp3) is 0.909. The normalized spacial score (nSPS) is 22.3. The zero-order valence-corrected chi connectivity index (χ0v) is 20.7. The molecule has 2 heterocycles. The van der Waals surface area contributed by atoms with Crippen molar-refractivity contribution in [3.63, 3.8) is 0 Å². The molecule has 2 rings (SSSR count). The number of thioether (sulfide) groups is 1. The van der Waals surface area contributed by atoms with Crippen molar-refractivity contribution in [1.29, 1.82) is 0 Å². The van der Waals surface area contributed by atoms with E-state index in [1.54, 1.807) is 0 Å². The molecule has 0 aromatic carbocycles. The predicted molar refractivity (Wildman–Crippen MR) is 128 cm³/mol. The molecule has 5 N–H and O–H groups in total. The topological polar surface area (TPSA) is 148 Å². The molecule has 0 aliphatic carbocycles. The highest BCUT2D eigenvalue weighted by Crippen LogP contribution is 2.33. The third-order valence-corrected chi connectivity index (χ3v) is 7.01. The molecule has 2 aliphatic rings. The van der Waals surface area contributed by atoms with Crippen LogP contribution in [0.1, 0.15) is 32.1 Å². The Bertz CT molecular complexity index is 574. The van der Waals surface area contributed by atoms with Crippen LogP contribution in [0.15, 0.2) is 0 Å². The number of fused-ring (bicyclic) bond motifs is 1. The Kier molecular flexibility index (Phi) is 15.5. The van der Waals surface area contributed by atoms with Gasteiger partial charge in [-0.1, -0.05) is 6.42 Å². The van der Waals surface area contributed by atoms with E-state index in [2.05, 4.69) is 16.0 Å². The van der Waals surface area contributed by atoms with Gasteiger partial charge in [-0.3, -0.25) is 4.79 Å². The number of unbranched alkanes of at least 4 members (excludes halogenated alkanes) is 1. The Morgan fingerprint density at radius 3 is 2.38 bits per heavy atom. The Morgan fingerprint density at radius 2 is 1.68 bits per heavy atom. The molecule has 0 radical (unpaired) electrons. The maximum Gasteiger partial charge on any atom is 0.315 e. The van der Waals surface area contributed by atoms with Crippen molar-refractivity contribution in [3.8, 4) is 0 Å². The van der Waals surface area contributed by atoms with E-state index in [1.165, 1.54) is 0 Å². The van der Waals surface area contributed by atoms with E-state index in [0.717, 1.165) is 31.4 Å². The van der Waals surface area contributed by atoms with E-state index < -0.39 is 6.10 Å². The summed E-state index contributed by atoms with van der Waals surface area (Å²) in [6.07, 6.45) is 3.31. The Hall–Kier alpha value is -1.15. The average Bonchev–Trinajstić information content (AvgIpc) is 3.38. The number of urea groups is 1. The highest BCUT2D eigenvalue weighted by Gasteiger charge is 2.42. The number of aliphatic hydroxyl groups excluding tert-OH is 2. The van der Waals surface area contributed by atoms with Gasteiger partial charge in [0.15, 0.2) is 0 Å². The van der Waals surface area contributed by atoms with Gasteiger partial charge in [-0.15, -0.1) is 0 Å². The molecule has 198 valence electrons. The maximum absolute atomic E-state index is 11.9. The zero-order valence-electron chi connectivity index (χ0n) is 19.9. The number of carbonyl (C=O) groups is 2. The molecule has 0 aromatic heterocycles. The Labute approximate surface area is 206 Å². The summed E-state index contributed by atoms with van der Waals surface area (Å²) in [6.45, 7) is 3.61. The van der Waals surface area contributed by atoms with Gasteiger partial charge in [0.25, 0.3) is 0 Å². The van der Waals surface area contributed by atoms with Gasteiger partial charge in [0.1, 0.15) is 6.10 Å². The summed E-state index contributed by atoms with van der Waals surface area (Å²) < 4.78 is 21.3. The van der Waals surface area contributed by atoms with Gasteiger partial charge in [-0.25, -0.2) is 4.79 Å². The van der Waals surface area contributed by atoms with Gasteiger partial charge >= 0.3 is 6.03 Å². The molecule has 0 spiro atoms. The van der Waals surface area contributed by atoms with Gasteiger partial charge < -0.3 is 45.1 Å². The number of rotatable bonds is 21. The first-order valence-corrected chi connectivity index (χ1v) is 13.2. The van der Waals surface area contributed by atoms with Crippen molar-refractivity contribution in [2.45, 2.75) is 55.5 Å². The van der Waals surface area contributed by atoms with Crippen LogP contribution in [0.25, 0.3) is 0 Å². The van der Waals surface area contributed by atoms with Crippen molar-refractivity contribution in [2.24, 2.45) is 0 Å². The second-order valence-electron chi connectivity index (χ2n) is 8.32. The van der Waals surface area contributed by atoms with Crippen LogP contribution in [0.4, 0.5) is 4.79 Å². The van der Waals surface area contributed by atoms with E-state index in [0.29, 0.717) is 64.5 Å². The molecule has 11 nitrogen and oxygen atoms in total. The van der Waals surface area contributed by atoms with Crippen molar-refractivity contribution >= 4 is 23.7 Å². The minimum absolute atomic E-state index is 0.0575. The lowest BCUT2D eigenvalue weighted by atomic mass is 10.0. The van der Waals surface area contributed by atoms with E-state index in [9.17, 15) is 9.59 Å². The lowest BCUT2D eigenvalue weighted by Crippen LogP contribution is -2.36. The van der Waals surface area contributed by atoms with Crippen LogP contribution in [0.3, 0.4) is 0 Å². The van der Waals surface area contributed by atoms with Crippen LogP contribution in [0.2, 0.25) is 0 Å². The first-order valence-electron chi connectivity index (χ1n) is 12.2. The summed E-state index contributed by atoms with van der Waals surface area (Å²) >= 11 is 1.90. The molecule has 12 heteroatoms. The molecular weight excluding hydrogens is 466 g/mol. The average molecular weight is 508 g/mol. The molecule has 2 aliphatic heterocycles. The quantitative estimate of drug-likeness (QED) is 0.104. The van der Waals surface area contributed by atoms with Crippen LogP contribution < -0.4 is 16.0 Å². The number of ether oxygens (including phenoxy) is 4. The third kappa shape index (κ3) is 12.5. The summed E-state index contributed by atoms with van der Waals surface area (Å²) in [5.74, 6) is 1.04. The lowest BCUT2D eigenvalue weighted by Gasteiger charge is -2.16. The summed E-state index contributed by atoms with van der Waals surface area (Å²) in [7, 11) is 0. The SMILES string of the molecule is O=C(CCCC[C@@H]1SC[C@@H]2NC(=O)N[C@@H]21)NCCCOCCOCCOCCOC[C@@H](O)CO.